The van der Waals surface area contributed by atoms with Crippen LogP contribution >= 0.6 is 0 Å². The van der Waals surface area contributed by atoms with Crippen molar-refractivity contribution in [1.82, 2.24) is 0 Å². The summed E-state index contributed by atoms with van der Waals surface area (Å²) in [6.45, 7) is 17.7. The lowest BCUT2D eigenvalue weighted by molar-refractivity contribution is -0.132. The molecule has 0 radical (unpaired) electrons. The van der Waals surface area contributed by atoms with E-state index < -0.39 is 38.6 Å². The van der Waals surface area contributed by atoms with E-state index in [4.69, 9.17) is 18.6 Å². The summed E-state index contributed by atoms with van der Waals surface area (Å²) in [5, 5.41) is -0.0822. The maximum Gasteiger partial charge on any atom is 0.508 e. The van der Waals surface area contributed by atoms with Crippen LogP contribution in [0.2, 0.25) is 18.1 Å². The number of Topliss-reactive ketones (excluding diaryl/α,β-unsaturated/α-hetero) is 1. The Kier molecular flexibility index (Phi) is 11.2. The summed E-state index contributed by atoms with van der Waals surface area (Å²) in [5.74, 6) is -1.38. The quantitative estimate of drug-likeness (QED) is 0.214. The van der Waals surface area contributed by atoms with E-state index in [1.165, 1.54) is 0 Å². The van der Waals surface area contributed by atoms with E-state index in [1.54, 1.807) is 57.2 Å². The van der Waals surface area contributed by atoms with Gasteiger partial charge in [-0.1, -0.05) is 45.9 Å². The number of carbonyl (C=O) groups is 3. The predicted octanol–water partition coefficient (Wildman–Crippen LogP) is 5.95. The Labute approximate surface area is 204 Å². The van der Waals surface area contributed by atoms with Gasteiger partial charge in [0.1, 0.15) is 6.61 Å². The highest BCUT2D eigenvalue weighted by Gasteiger charge is 2.42. The van der Waals surface area contributed by atoms with Gasteiger partial charge in [-0.25, -0.2) is 9.59 Å². The number of benzene rings is 1. The molecule has 0 aliphatic carbocycles. The molecule has 0 aliphatic rings. The molecule has 0 spiro atoms. The zero-order valence-electron chi connectivity index (χ0n) is 22.0. The highest BCUT2D eigenvalue weighted by Crippen LogP contribution is 2.39. The molecule has 0 unspecified atom stereocenters. The van der Waals surface area contributed by atoms with Crippen molar-refractivity contribution in [2.24, 2.45) is 5.92 Å². The molecular formula is C26H40O7Si. The summed E-state index contributed by atoms with van der Waals surface area (Å²) in [6, 6.07) is 8.56. The first-order chi connectivity index (χ1) is 15.7. The fourth-order valence-electron chi connectivity index (χ4n) is 2.98. The van der Waals surface area contributed by atoms with Crippen molar-refractivity contribution in [1.29, 1.82) is 0 Å². The first-order valence-corrected chi connectivity index (χ1v) is 14.6. The Morgan fingerprint density at radius 1 is 1.03 bits per heavy atom. The number of esters is 1. The molecule has 0 aromatic heterocycles. The molecule has 7 nitrogen and oxygen atoms in total. The average Bonchev–Trinajstić information content (AvgIpc) is 2.76. The number of hydrogen-bond acceptors (Lipinski definition) is 7. The van der Waals surface area contributed by atoms with Crippen molar-refractivity contribution in [3.8, 4) is 0 Å². The second kappa shape index (κ2) is 12.9. The van der Waals surface area contributed by atoms with Gasteiger partial charge in [0.05, 0.1) is 18.3 Å². The molecule has 34 heavy (non-hydrogen) atoms. The van der Waals surface area contributed by atoms with E-state index in [9.17, 15) is 14.4 Å². The molecule has 0 fully saturated rings. The molecule has 1 aromatic carbocycles. The largest absolute Gasteiger partial charge is 0.508 e. The molecule has 0 aliphatic heterocycles. The van der Waals surface area contributed by atoms with Gasteiger partial charge < -0.3 is 18.6 Å². The Balaban J connectivity index is 3.07. The summed E-state index contributed by atoms with van der Waals surface area (Å²) in [4.78, 5) is 37.2. The number of ketones is 1. The van der Waals surface area contributed by atoms with Crippen LogP contribution in [0.3, 0.4) is 0 Å². The maximum atomic E-state index is 13.3. The molecule has 0 saturated heterocycles. The summed E-state index contributed by atoms with van der Waals surface area (Å²) >= 11 is 0. The van der Waals surface area contributed by atoms with Crippen molar-refractivity contribution in [3.63, 3.8) is 0 Å². The lowest BCUT2D eigenvalue weighted by Crippen LogP contribution is -2.48. The first kappa shape index (κ1) is 29.6. The van der Waals surface area contributed by atoms with Gasteiger partial charge in [0.2, 0.25) is 0 Å². The third-order valence-corrected chi connectivity index (χ3v) is 10.6. The average molecular weight is 493 g/mol. The summed E-state index contributed by atoms with van der Waals surface area (Å²) < 4.78 is 21.9. The summed E-state index contributed by atoms with van der Waals surface area (Å²) in [5.41, 5.74) is 1.15. The van der Waals surface area contributed by atoms with Crippen LogP contribution in [0.15, 0.2) is 42.0 Å². The fraction of sp³-hybridized carbons (Fsp3) is 0.577. The van der Waals surface area contributed by atoms with E-state index in [-0.39, 0.29) is 24.0 Å². The molecular weight excluding hydrogens is 452 g/mol. The highest BCUT2D eigenvalue weighted by atomic mass is 28.4. The Bertz CT molecular complexity index is 856. The van der Waals surface area contributed by atoms with E-state index in [0.29, 0.717) is 5.56 Å². The first-order valence-electron chi connectivity index (χ1n) is 11.6. The molecule has 0 heterocycles. The Morgan fingerprint density at radius 3 is 2.15 bits per heavy atom. The van der Waals surface area contributed by atoms with Crippen LogP contribution in [-0.2, 0) is 23.4 Å². The van der Waals surface area contributed by atoms with Gasteiger partial charge >= 0.3 is 12.1 Å². The molecule has 0 N–H and O–H groups in total. The van der Waals surface area contributed by atoms with Crippen LogP contribution in [0.25, 0.3) is 0 Å². The molecule has 1 aromatic rings. The van der Waals surface area contributed by atoms with Crippen molar-refractivity contribution in [2.75, 3.05) is 13.2 Å². The van der Waals surface area contributed by atoms with E-state index >= 15 is 0 Å². The predicted molar refractivity (Wildman–Crippen MR) is 134 cm³/mol. The lowest BCUT2D eigenvalue weighted by atomic mass is 9.92. The number of ether oxygens (including phenoxy) is 3. The van der Waals surface area contributed by atoms with Gasteiger partial charge in [0, 0.05) is 5.92 Å². The minimum absolute atomic E-state index is 0.00147. The third-order valence-electron chi connectivity index (χ3n) is 6.14. The molecule has 3 atom stereocenters. The Morgan fingerprint density at radius 2 is 1.62 bits per heavy atom. The van der Waals surface area contributed by atoms with E-state index in [0.717, 1.165) is 5.57 Å². The van der Waals surface area contributed by atoms with E-state index in [2.05, 4.69) is 33.9 Å². The van der Waals surface area contributed by atoms with Gasteiger partial charge in [-0.3, -0.25) is 4.79 Å². The Hall–Kier alpha value is -2.45. The molecule has 1 rings (SSSR count). The van der Waals surface area contributed by atoms with Crippen LogP contribution < -0.4 is 0 Å². The molecule has 0 saturated carbocycles. The number of carbonyl (C=O) groups excluding carboxylic acids is 3. The molecule has 8 heteroatoms. The van der Waals surface area contributed by atoms with Crippen LogP contribution in [0, 0.1) is 5.92 Å². The van der Waals surface area contributed by atoms with Gasteiger partial charge in [-0.15, -0.1) is 0 Å². The van der Waals surface area contributed by atoms with Crippen LogP contribution in [-0.4, -0.2) is 51.6 Å². The maximum absolute atomic E-state index is 13.3. The van der Waals surface area contributed by atoms with Crippen molar-refractivity contribution >= 4 is 26.2 Å². The van der Waals surface area contributed by atoms with E-state index in [1.807, 2.05) is 6.92 Å². The van der Waals surface area contributed by atoms with Crippen molar-refractivity contribution in [3.05, 3.63) is 47.5 Å². The molecule has 0 bridgehead atoms. The zero-order chi connectivity index (χ0) is 26.1. The number of rotatable bonds is 11. The normalized spacial score (nSPS) is 15.1. The molecule has 190 valence electrons. The number of hydrogen-bond donors (Lipinski definition) is 0. The van der Waals surface area contributed by atoms with Crippen molar-refractivity contribution in [2.45, 2.75) is 78.8 Å². The van der Waals surface area contributed by atoms with Gasteiger partial charge in [0.25, 0.3) is 0 Å². The topological polar surface area (TPSA) is 88.1 Å². The van der Waals surface area contributed by atoms with Crippen LogP contribution in [0.1, 0.15) is 58.8 Å². The minimum atomic E-state index is -2.27. The second-order valence-corrected chi connectivity index (χ2v) is 14.6. The monoisotopic (exact) mass is 492 g/mol. The SMILES string of the molecule is CCOC(=O)OC/C=C(\C)[C@@H](O[Si](C)(C)C(C)(C)C)[C@@H](C)C(=O)[C@H](C)OC(=O)c1ccccc1. The zero-order valence-corrected chi connectivity index (χ0v) is 23.0. The smallest absolute Gasteiger partial charge is 0.451 e. The van der Waals surface area contributed by atoms with Gasteiger partial charge in [-0.05, 0) is 62.7 Å². The van der Waals surface area contributed by atoms with Crippen LogP contribution in [0.4, 0.5) is 4.79 Å². The summed E-state index contributed by atoms with van der Waals surface area (Å²) in [6.07, 6.45) is -0.535. The van der Waals surface area contributed by atoms with Gasteiger partial charge in [-0.2, -0.15) is 0 Å². The van der Waals surface area contributed by atoms with Crippen LogP contribution in [0.5, 0.6) is 0 Å². The highest BCUT2D eigenvalue weighted by molar-refractivity contribution is 6.74. The van der Waals surface area contributed by atoms with Gasteiger partial charge in [0.15, 0.2) is 20.2 Å². The summed E-state index contributed by atoms with van der Waals surface area (Å²) in [7, 11) is -2.27. The molecule has 0 amide bonds. The second-order valence-electron chi connectivity index (χ2n) is 9.85. The fourth-order valence-corrected chi connectivity index (χ4v) is 4.36. The van der Waals surface area contributed by atoms with Crippen molar-refractivity contribution < 1.29 is 33.0 Å². The third kappa shape index (κ3) is 8.72. The minimum Gasteiger partial charge on any atom is -0.451 e. The lowest BCUT2D eigenvalue weighted by Gasteiger charge is -2.41. The standard InChI is InChI=1S/C26H40O7Si/c1-10-30-25(29)31-17-16-18(2)23(33-34(8,9)26(5,6)7)19(3)22(27)20(4)32-24(28)21-14-12-11-13-15-21/h11-16,19-20,23H,10,17H2,1-9H3/b18-16+/t19-,20-,23+/m0/s1.